The summed E-state index contributed by atoms with van der Waals surface area (Å²) in [6, 6.07) is 23.2. The van der Waals surface area contributed by atoms with Crippen LogP contribution in [0.1, 0.15) is 33.0 Å². The average Bonchev–Trinajstić information content (AvgIpc) is 3.35. The summed E-state index contributed by atoms with van der Waals surface area (Å²) in [5.74, 6) is 0.193. The number of pyridine rings is 1. The predicted octanol–water partition coefficient (Wildman–Crippen LogP) is 6.94. The molecule has 0 N–H and O–H groups in total. The molecule has 0 radical (unpaired) electrons. The van der Waals surface area contributed by atoms with Crippen molar-refractivity contribution in [2.24, 2.45) is 7.05 Å². The number of carbonyl (C=O) groups excluding carboxylic acids is 2. The highest BCUT2D eigenvalue weighted by atomic mass is 35.5. The number of rotatable bonds is 9. The molecule has 5 rings (SSSR count). The van der Waals surface area contributed by atoms with Gasteiger partial charge in [-0.15, -0.1) is 0 Å². The number of ketones is 1. The van der Waals surface area contributed by atoms with Gasteiger partial charge in [-0.3, -0.25) is 9.59 Å². The second kappa shape index (κ2) is 12.8. The van der Waals surface area contributed by atoms with Gasteiger partial charge < -0.3 is 18.8 Å². The van der Waals surface area contributed by atoms with E-state index in [4.69, 9.17) is 27.9 Å². The highest BCUT2D eigenvalue weighted by Crippen LogP contribution is 2.35. The zero-order valence-electron chi connectivity index (χ0n) is 24.1. The summed E-state index contributed by atoms with van der Waals surface area (Å²) in [6.45, 7) is 2.01. The average molecular weight is 635 g/mol. The number of likely N-dealkylation sites (N-methyl/N-ethyl adjacent to an activating group) is 1. The van der Waals surface area contributed by atoms with Crippen LogP contribution in [0.25, 0.3) is 10.9 Å². The Morgan fingerprint density at radius 2 is 1.74 bits per heavy atom. The molecule has 220 valence electrons. The third kappa shape index (κ3) is 6.43. The summed E-state index contributed by atoms with van der Waals surface area (Å²) < 4.78 is 19.5. The fourth-order valence-electron chi connectivity index (χ4n) is 4.77. The number of hydrogen-bond donors (Lipinski definition) is 0. The van der Waals surface area contributed by atoms with E-state index >= 15 is 0 Å². The predicted molar refractivity (Wildman–Crippen MR) is 172 cm³/mol. The van der Waals surface area contributed by atoms with Crippen LogP contribution >= 0.6 is 23.2 Å². The lowest BCUT2D eigenvalue weighted by Crippen LogP contribution is -2.29. The minimum Gasteiger partial charge on any atom is -0.612 e. The molecule has 2 heterocycles. The first-order valence-electron chi connectivity index (χ1n) is 13.4. The van der Waals surface area contributed by atoms with Crippen molar-refractivity contribution in [1.82, 2.24) is 9.55 Å². The number of aryl methyl sites for hydroxylation is 1. The van der Waals surface area contributed by atoms with Gasteiger partial charge in [0.25, 0.3) is 0 Å². The van der Waals surface area contributed by atoms with Crippen LogP contribution in [0.5, 0.6) is 5.75 Å². The summed E-state index contributed by atoms with van der Waals surface area (Å²) in [4.78, 5) is 33.3. The standard InChI is InChI=1S/C33H29Cl2N3O4S/c1-20-8-9-21-6-5-7-29(32(21)36-20)42-19-25-26(34)15-17-27(31(25)35)38(3)30(39)18-23-12-16-28(37(23)2)33(40)22-10-13-24(14-11-22)43(4)41/h5-17H,18-19H2,1-4H3. The first kappa shape index (κ1) is 30.6. The normalized spacial score (nSPS) is 11.9. The van der Waals surface area contributed by atoms with Gasteiger partial charge in [-0.25, -0.2) is 4.98 Å². The SMILES string of the molecule is Cc1ccc2cccc(OCc3c(Cl)ccc(N(C)C(=O)Cc4ccc(C(=O)c5ccc([S+](C)[O-])cc5)n4C)c3Cl)c2n1. The molecule has 0 bridgehead atoms. The van der Waals surface area contributed by atoms with Crippen molar-refractivity contribution >= 4 is 62.7 Å². The van der Waals surface area contributed by atoms with E-state index in [9.17, 15) is 14.1 Å². The molecular formula is C33H29Cl2N3O4S. The molecule has 3 aromatic carbocycles. The van der Waals surface area contributed by atoms with E-state index in [-0.39, 0.29) is 24.7 Å². The number of fused-ring (bicyclic) bond motifs is 1. The Morgan fingerprint density at radius 3 is 2.47 bits per heavy atom. The molecule has 0 saturated heterocycles. The van der Waals surface area contributed by atoms with Crippen molar-refractivity contribution in [2.75, 3.05) is 18.2 Å². The lowest BCUT2D eigenvalue weighted by molar-refractivity contribution is -0.117. The number of nitrogens with zero attached hydrogens (tertiary/aromatic N) is 3. The number of ether oxygens (including phenoxy) is 1. The van der Waals surface area contributed by atoms with Crippen LogP contribution in [-0.2, 0) is 36.0 Å². The number of halogens is 2. The second-order valence-corrected chi connectivity index (χ2v) is 12.3. The molecule has 0 saturated carbocycles. The zero-order valence-corrected chi connectivity index (χ0v) is 26.4. The first-order valence-corrected chi connectivity index (χ1v) is 15.7. The van der Waals surface area contributed by atoms with Crippen LogP contribution < -0.4 is 9.64 Å². The number of hydrogen-bond acceptors (Lipinski definition) is 5. The van der Waals surface area contributed by atoms with Crippen LogP contribution in [0.2, 0.25) is 10.0 Å². The van der Waals surface area contributed by atoms with Crippen molar-refractivity contribution in [1.29, 1.82) is 0 Å². The van der Waals surface area contributed by atoms with Crippen LogP contribution in [0, 0.1) is 6.92 Å². The van der Waals surface area contributed by atoms with Crippen molar-refractivity contribution in [3.05, 3.63) is 117 Å². The van der Waals surface area contributed by atoms with Gasteiger partial charge in [0, 0.05) is 47.0 Å². The summed E-state index contributed by atoms with van der Waals surface area (Å²) in [7, 11) is 3.40. The van der Waals surface area contributed by atoms with E-state index in [1.807, 2.05) is 37.3 Å². The van der Waals surface area contributed by atoms with Crippen molar-refractivity contribution in [3.8, 4) is 5.75 Å². The van der Waals surface area contributed by atoms with E-state index in [0.717, 1.165) is 16.6 Å². The molecule has 10 heteroatoms. The van der Waals surface area contributed by atoms with Gasteiger partial charge in [0.15, 0.2) is 4.90 Å². The van der Waals surface area contributed by atoms with E-state index in [1.54, 1.807) is 73.4 Å². The maximum Gasteiger partial charge on any atom is 0.232 e. The van der Waals surface area contributed by atoms with Gasteiger partial charge in [0.1, 0.15) is 24.1 Å². The summed E-state index contributed by atoms with van der Waals surface area (Å²) in [5, 5.41) is 1.69. The Hall–Kier alpha value is -3.82. The Morgan fingerprint density at radius 1 is 1.00 bits per heavy atom. The number of aromatic nitrogens is 2. The fourth-order valence-corrected chi connectivity index (χ4v) is 5.90. The van der Waals surface area contributed by atoms with Gasteiger partial charge in [0.2, 0.25) is 11.7 Å². The first-order chi connectivity index (χ1) is 20.5. The lowest BCUT2D eigenvalue weighted by Gasteiger charge is -2.21. The number of carbonyl (C=O) groups is 2. The van der Waals surface area contributed by atoms with Gasteiger partial charge >= 0.3 is 0 Å². The molecule has 43 heavy (non-hydrogen) atoms. The molecule has 5 aromatic rings. The van der Waals surface area contributed by atoms with Crippen LogP contribution in [-0.4, -0.2) is 39.1 Å². The fraction of sp³-hybridized carbons (Fsp3) is 0.182. The minimum atomic E-state index is -1.13. The van der Waals surface area contributed by atoms with Gasteiger partial charge in [0.05, 0.1) is 22.8 Å². The largest absolute Gasteiger partial charge is 0.612 e. The Kier molecular flexibility index (Phi) is 9.13. The Labute approximate surface area is 263 Å². The zero-order chi connectivity index (χ0) is 30.8. The van der Waals surface area contributed by atoms with Gasteiger partial charge in [-0.2, -0.15) is 0 Å². The van der Waals surface area contributed by atoms with Crippen molar-refractivity contribution in [2.45, 2.75) is 24.8 Å². The maximum atomic E-state index is 13.4. The van der Waals surface area contributed by atoms with E-state index < -0.39 is 11.2 Å². The van der Waals surface area contributed by atoms with E-state index in [2.05, 4.69) is 4.98 Å². The molecular weight excluding hydrogens is 605 g/mol. The summed E-state index contributed by atoms with van der Waals surface area (Å²) in [6.07, 6.45) is 1.63. The molecule has 1 atom stereocenters. The molecule has 0 fully saturated rings. The summed E-state index contributed by atoms with van der Waals surface area (Å²) >= 11 is 12.2. The third-order valence-corrected chi connectivity index (χ3v) is 9.05. The van der Waals surface area contributed by atoms with Gasteiger partial charge in [-0.05, 0) is 78.8 Å². The third-order valence-electron chi connectivity index (χ3n) is 7.33. The second-order valence-electron chi connectivity index (χ2n) is 10.1. The maximum absolute atomic E-state index is 13.4. The number of para-hydroxylation sites is 1. The lowest BCUT2D eigenvalue weighted by atomic mass is 10.1. The van der Waals surface area contributed by atoms with Crippen molar-refractivity contribution in [3.63, 3.8) is 0 Å². The molecule has 0 aliphatic rings. The molecule has 7 nitrogen and oxygen atoms in total. The number of amides is 1. The monoisotopic (exact) mass is 633 g/mol. The van der Waals surface area contributed by atoms with E-state index in [1.165, 1.54) is 4.90 Å². The minimum absolute atomic E-state index is 0.0415. The molecule has 0 aliphatic carbocycles. The summed E-state index contributed by atoms with van der Waals surface area (Å²) in [5.41, 5.74) is 4.24. The quantitative estimate of drug-likeness (QED) is 0.130. The molecule has 0 aliphatic heterocycles. The Balaban J connectivity index is 1.32. The smallest absolute Gasteiger partial charge is 0.232 e. The highest BCUT2D eigenvalue weighted by molar-refractivity contribution is 7.90. The molecule has 2 aromatic heterocycles. The van der Waals surface area contributed by atoms with Crippen LogP contribution in [0.4, 0.5) is 5.69 Å². The van der Waals surface area contributed by atoms with E-state index in [0.29, 0.717) is 48.9 Å². The van der Waals surface area contributed by atoms with Crippen molar-refractivity contribution < 1.29 is 18.9 Å². The van der Waals surface area contributed by atoms with Crippen LogP contribution in [0.3, 0.4) is 0 Å². The van der Waals surface area contributed by atoms with Gasteiger partial charge in [-0.1, -0.05) is 41.4 Å². The molecule has 0 spiro atoms. The Bertz CT molecular complexity index is 1840. The number of benzene rings is 3. The molecule has 1 unspecified atom stereocenters. The van der Waals surface area contributed by atoms with Crippen LogP contribution in [0.15, 0.2) is 83.8 Å². The molecule has 1 amide bonds. The topological polar surface area (TPSA) is 87.5 Å². The highest BCUT2D eigenvalue weighted by Gasteiger charge is 2.22. The number of anilines is 1.